The van der Waals surface area contributed by atoms with Crippen molar-refractivity contribution in [3.8, 4) is 0 Å². The van der Waals surface area contributed by atoms with Crippen LogP contribution in [0.2, 0.25) is 0 Å². The summed E-state index contributed by atoms with van der Waals surface area (Å²) in [6, 6.07) is 0. The highest BCUT2D eigenvalue weighted by Gasteiger charge is 2.37. The van der Waals surface area contributed by atoms with Crippen LogP contribution in [0.3, 0.4) is 0 Å². The molecule has 1 saturated heterocycles. The van der Waals surface area contributed by atoms with E-state index >= 15 is 0 Å². The number of rotatable bonds is 3. The van der Waals surface area contributed by atoms with Gasteiger partial charge in [0, 0.05) is 0 Å². The van der Waals surface area contributed by atoms with E-state index in [0.717, 1.165) is 0 Å². The van der Waals surface area contributed by atoms with Crippen LogP contribution in [0.5, 0.6) is 0 Å². The fourth-order valence-electron chi connectivity index (χ4n) is 1.37. The Hall–Kier alpha value is -0.0452. The molecule has 0 saturated carbocycles. The average Bonchev–Trinajstić information content (AvgIpc) is 2.16. The number of nitrogens with one attached hydrogen (secondary N) is 4. The summed E-state index contributed by atoms with van der Waals surface area (Å²) in [7, 11) is 10.5. The van der Waals surface area contributed by atoms with Gasteiger partial charge >= 0.3 is 21.4 Å². The molecule has 9 heteroatoms. The summed E-state index contributed by atoms with van der Waals surface area (Å²) in [4.78, 5) is 4.20. The van der Waals surface area contributed by atoms with Crippen molar-refractivity contribution < 1.29 is 0 Å². The first-order valence-corrected chi connectivity index (χ1v) is 4.83. The second-order valence-corrected chi connectivity index (χ2v) is 3.95. The molecule has 1 aliphatic rings. The van der Waals surface area contributed by atoms with Gasteiger partial charge < -0.3 is 30.3 Å². The predicted octanol–water partition coefficient (Wildman–Crippen LogP) is -2.93. The van der Waals surface area contributed by atoms with E-state index in [1.54, 1.807) is 0 Å². The van der Waals surface area contributed by atoms with Crippen molar-refractivity contribution in [1.29, 1.82) is 0 Å². The van der Waals surface area contributed by atoms with Gasteiger partial charge in [-0.2, -0.15) is 0 Å². The molecule has 0 aromatic carbocycles. The molecule has 0 aliphatic carbocycles. The van der Waals surface area contributed by atoms with Gasteiger partial charge in [0.2, 0.25) is 0 Å². The fourth-order valence-corrected chi connectivity index (χ4v) is 1.37. The lowest BCUT2D eigenvalue weighted by Crippen LogP contribution is -2.83. The van der Waals surface area contributed by atoms with Crippen molar-refractivity contribution in [2.45, 2.75) is 0 Å². The van der Waals surface area contributed by atoms with Crippen LogP contribution in [-0.2, 0) is 0 Å². The molecule has 0 radical (unpaired) electrons. The molecule has 0 bridgehead atoms. The van der Waals surface area contributed by atoms with E-state index in [1.807, 2.05) is 35.2 Å². The number of nitrogens with zero attached hydrogens (tertiary/aromatic N) is 2. The maximum Gasteiger partial charge on any atom is 0.378 e. The average molecular weight is 196 g/mol. The van der Waals surface area contributed by atoms with Gasteiger partial charge in [-0.3, -0.25) is 0 Å². The maximum absolute atomic E-state index is 3.41. The first-order valence-electron chi connectivity index (χ1n) is 4.83. The largest absolute Gasteiger partial charge is 0.378 e. The fraction of sp³-hybridized carbons (Fsp3) is 1.00. The lowest BCUT2D eigenvalue weighted by molar-refractivity contribution is 0.586. The third-order valence-electron chi connectivity index (χ3n) is 2.29. The summed E-state index contributed by atoms with van der Waals surface area (Å²) in [5.41, 5.74) is 0. The SMILES string of the molecule is CNB1NB(N(C)C)NB(N(C)C)N1. The quantitative estimate of drug-likeness (QED) is 0.362. The lowest BCUT2D eigenvalue weighted by Gasteiger charge is -2.37. The molecule has 14 heavy (non-hydrogen) atoms. The molecule has 4 N–H and O–H groups in total. The zero-order valence-corrected chi connectivity index (χ0v) is 9.63. The van der Waals surface area contributed by atoms with Gasteiger partial charge in [-0.25, -0.2) is 0 Å². The van der Waals surface area contributed by atoms with Gasteiger partial charge in [0.25, 0.3) is 0 Å². The molecule has 1 fully saturated rings. The molecule has 0 aromatic heterocycles. The third kappa shape index (κ3) is 2.98. The van der Waals surface area contributed by atoms with Gasteiger partial charge in [-0.1, -0.05) is 0 Å². The van der Waals surface area contributed by atoms with E-state index in [1.165, 1.54) is 0 Å². The van der Waals surface area contributed by atoms with Crippen molar-refractivity contribution in [3.63, 3.8) is 0 Å². The summed E-state index contributed by atoms with van der Waals surface area (Å²) in [5, 5.41) is 13.3. The molecule has 0 atom stereocenters. The Labute approximate surface area is 87.6 Å². The molecular weight excluding hydrogens is 177 g/mol. The molecule has 78 valence electrons. The highest BCUT2D eigenvalue weighted by atomic mass is 15.3. The minimum atomic E-state index is 0.121. The van der Waals surface area contributed by atoms with Gasteiger partial charge in [0.15, 0.2) is 0 Å². The Balaban J connectivity index is 2.56. The Kier molecular flexibility index (Phi) is 4.43. The van der Waals surface area contributed by atoms with Crippen molar-refractivity contribution in [2.24, 2.45) is 0 Å². The van der Waals surface area contributed by atoms with Crippen LogP contribution >= 0.6 is 0 Å². The summed E-state index contributed by atoms with van der Waals surface area (Å²) in [6.07, 6.45) is 0. The maximum atomic E-state index is 3.41. The first-order chi connectivity index (χ1) is 6.54. The lowest BCUT2D eigenvalue weighted by atomic mass is 9.63. The Morgan fingerprint density at radius 1 is 0.857 bits per heavy atom. The zero-order valence-electron chi connectivity index (χ0n) is 9.63. The van der Waals surface area contributed by atoms with Crippen LogP contribution in [0.25, 0.3) is 0 Å². The smallest absolute Gasteiger partial charge is 0.342 e. The minimum absolute atomic E-state index is 0.121. The first kappa shape index (κ1) is 12.0. The summed E-state index contributed by atoms with van der Waals surface area (Å²) in [6.45, 7) is 0. The topological polar surface area (TPSA) is 54.6 Å². The predicted molar refractivity (Wildman–Crippen MR) is 63.1 cm³/mol. The van der Waals surface area contributed by atoms with E-state index in [-0.39, 0.29) is 21.4 Å². The molecule has 0 unspecified atom stereocenters. The monoisotopic (exact) mass is 196 g/mol. The van der Waals surface area contributed by atoms with Crippen LogP contribution in [0.4, 0.5) is 0 Å². The van der Waals surface area contributed by atoms with E-state index in [4.69, 9.17) is 0 Å². The molecule has 1 aliphatic heterocycles. The molecule has 0 spiro atoms. The second-order valence-electron chi connectivity index (χ2n) is 3.95. The van der Waals surface area contributed by atoms with Crippen LogP contribution in [0.15, 0.2) is 0 Å². The van der Waals surface area contributed by atoms with E-state index in [0.29, 0.717) is 0 Å². The molecule has 1 rings (SSSR count). The van der Waals surface area contributed by atoms with Crippen molar-refractivity contribution >= 4 is 21.4 Å². The highest BCUT2D eigenvalue weighted by molar-refractivity contribution is 6.84. The van der Waals surface area contributed by atoms with Crippen LogP contribution in [0.1, 0.15) is 0 Å². The van der Waals surface area contributed by atoms with Crippen LogP contribution < -0.4 is 20.6 Å². The Bertz CT molecular complexity index is 163. The van der Waals surface area contributed by atoms with Crippen LogP contribution in [0, 0.1) is 0 Å². The number of hydrogen-bond acceptors (Lipinski definition) is 6. The van der Waals surface area contributed by atoms with Gasteiger partial charge in [-0.15, -0.1) is 0 Å². The molecule has 1 heterocycles. The Morgan fingerprint density at radius 2 is 1.29 bits per heavy atom. The molecular formula is C5H19B3N6. The summed E-state index contributed by atoms with van der Waals surface area (Å²) in [5.74, 6) is 0. The van der Waals surface area contributed by atoms with Crippen molar-refractivity contribution in [1.82, 2.24) is 30.3 Å². The van der Waals surface area contributed by atoms with Crippen molar-refractivity contribution in [3.05, 3.63) is 0 Å². The second kappa shape index (κ2) is 5.15. The van der Waals surface area contributed by atoms with Gasteiger partial charge in [0.1, 0.15) is 0 Å². The summed E-state index contributed by atoms with van der Waals surface area (Å²) >= 11 is 0. The Morgan fingerprint density at radius 3 is 1.57 bits per heavy atom. The normalized spacial score (nSPS) is 18.6. The van der Waals surface area contributed by atoms with Gasteiger partial charge in [-0.05, 0) is 35.2 Å². The number of hydrogen-bond donors (Lipinski definition) is 4. The minimum Gasteiger partial charge on any atom is -0.342 e. The van der Waals surface area contributed by atoms with Crippen molar-refractivity contribution in [2.75, 3.05) is 35.2 Å². The van der Waals surface area contributed by atoms with E-state index in [9.17, 15) is 0 Å². The highest BCUT2D eigenvalue weighted by Crippen LogP contribution is 1.89. The van der Waals surface area contributed by atoms with E-state index < -0.39 is 0 Å². The van der Waals surface area contributed by atoms with Crippen LogP contribution in [-0.4, -0.2) is 66.2 Å². The van der Waals surface area contributed by atoms with Gasteiger partial charge in [0.05, 0.1) is 0 Å². The third-order valence-corrected chi connectivity index (χ3v) is 2.29. The molecule has 0 amide bonds. The zero-order chi connectivity index (χ0) is 10.7. The van der Waals surface area contributed by atoms with E-state index in [2.05, 4.69) is 30.3 Å². The standard InChI is InChI=1S/C5H19B3N6/c1-9-6-10-7(13(2)3)12-8(11-6)14(4)5/h9-12H,1-5H3. The molecule has 6 nitrogen and oxygen atoms in total. The molecule has 0 aromatic rings. The summed E-state index contributed by atoms with van der Waals surface area (Å²) < 4.78 is 0.